The third-order valence-electron chi connectivity index (χ3n) is 2.99. The second-order valence-corrected chi connectivity index (χ2v) is 6.61. The van der Waals surface area contributed by atoms with Crippen LogP contribution in [-0.4, -0.2) is 26.3 Å². The Bertz CT molecular complexity index is 657. The Hall–Kier alpha value is -1.59. The van der Waals surface area contributed by atoms with E-state index in [2.05, 4.69) is 4.98 Å². The van der Waals surface area contributed by atoms with Crippen LogP contribution in [0.15, 0.2) is 53.7 Å². The number of alkyl halides is 1. The Morgan fingerprint density at radius 1 is 1.10 bits per heavy atom. The van der Waals surface area contributed by atoms with E-state index in [4.69, 9.17) is 11.6 Å². The molecule has 0 aliphatic heterocycles. The number of sulfonamides is 1. The van der Waals surface area contributed by atoms with Gasteiger partial charge in [0, 0.05) is 25.3 Å². The summed E-state index contributed by atoms with van der Waals surface area (Å²) in [5.74, 6) is 0.517. The van der Waals surface area contributed by atoms with Gasteiger partial charge in [0.05, 0.1) is 10.6 Å². The van der Waals surface area contributed by atoms with Gasteiger partial charge in [-0.05, 0) is 36.2 Å². The molecular formula is C14H15ClN2O2S. The molecule has 2 rings (SSSR count). The topological polar surface area (TPSA) is 50.3 Å². The van der Waals surface area contributed by atoms with Gasteiger partial charge in [-0.15, -0.1) is 11.6 Å². The van der Waals surface area contributed by atoms with E-state index in [-0.39, 0.29) is 4.90 Å². The molecule has 1 aromatic carbocycles. The van der Waals surface area contributed by atoms with Crippen LogP contribution in [0.5, 0.6) is 0 Å². The molecule has 20 heavy (non-hydrogen) atoms. The van der Waals surface area contributed by atoms with Gasteiger partial charge in [0.2, 0.25) is 0 Å². The first-order valence-corrected chi connectivity index (χ1v) is 8.07. The standard InChI is InChI=1S/C14H15ClN2O2S/c1-17(13-7-10-16-11-8-13)20(18,19)14-4-2-12(3-5-14)6-9-15/h2-5,7-8,10-11H,6,9H2,1H3. The molecule has 0 spiro atoms. The van der Waals surface area contributed by atoms with Gasteiger partial charge in [0.25, 0.3) is 10.0 Å². The number of hydrogen-bond donors (Lipinski definition) is 0. The molecule has 0 radical (unpaired) electrons. The molecular weight excluding hydrogens is 296 g/mol. The van der Waals surface area contributed by atoms with Crippen molar-refractivity contribution >= 4 is 27.3 Å². The van der Waals surface area contributed by atoms with Crippen LogP contribution >= 0.6 is 11.6 Å². The first-order chi connectivity index (χ1) is 9.55. The van der Waals surface area contributed by atoms with Crippen molar-refractivity contribution in [1.82, 2.24) is 4.98 Å². The normalized spacial score (nSPS) is 11.3. The maximum atomic E-state index is 12.5. The summed E-state index contributed by atoms with van der Waals surface area (Å²) in [6, 6.07) is 10.1. The zero-order valence-electron chi connectivity index (χ0n) is 11.0. The van der Waals surface area contributed by atoms with Crippen molar-refractivity contribution in [3.63, 3.8) is 0 Å². The molecule has 0 saturated carbocycles. The van der Waals surface area contributed by atoms with Crippen LogP contribution in [0.3, 0.4) is 0 Å². The second kappa shape index (κ2) is 6.24. The second-order valence-electron chi connectivity index (χ2n) is 4.26. The van der Waals surface area contributed by atoms with Crippen molar-refractivity contribution in [1.29, 1.82) is 0 Å². The minimum Gasteiger partial charge on any atom is -0.269 e. The summed E-state index contributed by atoms with van der Waals surface area (Å²) in [4.78, 5) is 4.14. The first-order valence-electron chi connectivity index (χ1n) is 6.09. The Labute approximate surface area is 124 Å². The molecule has 106 valence electrons. The fraction of sp³-hybridized carbons (Fsp3) is 0.214. The number of rotatable bonds is 5. The summed E-state index contributed by atoms with van der Waals surface area (Å²) in [5, 5.41) is 0. The summed E-state index contributed by atoms with van der Waals surface area (Å²) in [5.41, 5.74) is 1.59. The third-order valence-corrected chi connectivity index (χ3v) is 4.98. The van der Waals surface area contributed by atoms with Crippen LogP contribution < -0.4 is 4.31 Å². The maximum absolute atomic E-state index is 12.5. The summed E-state index contributed by atoms with van der Waals surface area (Å²) in [6.45, 7) is 0. The first kappa shape index (κ1) is 14.8. The van der Waals surface area contributed by atoms with Gasteiger partial charge in [0.15, 0.2) is 0 Å². The number of anilines is 1. The maximum Gasteiger partial charge on any atom is 0.264 e. The number of nitrogens with zero attached hydrogens (tertiary/aromatic N) is 2. The highest BCUT2D eigenvalue weighted by molar-refractivity contribution is 7.92. The van der Waals surface area contributed by atoms with Gasteiger partial charge >= 0.3 is 0 Å². The highest BCUT2D eigenvalue weighted by Crippen LogP contribution is 2.21. The highest BCUT2D eigenvalue weighted by atomic mass is 35.5. The van der Waals surface area contributed by atoms with E-state index in [0.29, 0.717) is 11.6 Å². The lowest BCUT2D eigenvalue weighted by Gasteiger charge is -2.19. The lowest BCUT2D eigenvalue weighted by atomic mass is 10.2. The number of halogens is 1. The molecule has 0 bridgehead atoms. The van der Waals surface area contributed by atoms with Crippen molar-refractivity contribution < 1.29 is 8.42 Å². The molecule has 1 aromatic heterocycles. The lowest BCUT2D eigenvalue weighted by Crippen LogP contribution is -2.26. The fourth-order valence-corrected chi connectivity index (χ4v) is 3.20. The summed E-state index contributed by atoms with van der Waals surface area (Å²) in [6.07, 6.45) is 3.85. The zero-order valence-corrected chi connectivity index (χ0v) is 12.6. The van der Waals surface area contributed by atoms with E-state index in [0.717, 1.165) is 12.0 Å². The molecule has 0 N–H and O–H groups in total. The van der Waals surface area contributed by atoms with Crippen molar-refractivity contribution in [2.75, 3.05) is 17.2 Å². The average Bonchev–Trinajstić information content (AvgIpc) is 2.48. The molecule has 0 atom stereocenters. The molecule has 0 amide bonds. The molecule has 1 heterocycles. The SMILES string of the molecule is CN(c1ccncc1)S(=O)(=O)c1ccc(CCCl)cc1. The minimum atomic E-state index is -3.55. The third kappa shape index (κ3) is 3.11. The van der Waals surface area contributed by atoms with Crippen LogP contribution in [0, 0.1) is 0 Å². The fourth-order valence-electron chi connectivity index (χ4n) is 1.79. The van der Waals surface area contributed by atoms with E-state index < -0.39 is 10.0 Å². The van der Waals surface area contributed by atoms with Crippen molar-refractivity contribution in [3.05, 3.63) is 54.4 Å². The minimum absolute atomic E-state index is 0.259. The molecule has 0 fully saturated rings. The lowest BCUT2D eigenvalue weighted by molar-refractivity contribution is 0.594. The monoisotopic (exact) mass is 310 g/mol. The van der Waals surface area contributed by atoms with E-state index in [9.17, 15) is 8.42 Å². The van der Waals surface area contributed by atoms with Crippen LogP contribution in [0.2, 0.25) is 0 Å². The van der Waals surface area contributed by atoms with Gasteiger partial charge < -0.3 is 0 Å². The van der Waals surface area contributed by atoms with Crippen molar-refractivity contribution in [2.24, 2.45) is 0 Å². The number of pyridine rings is 1. The average molecular weight is 311 g/mol. The van der Waals surface area contributed by atoms with Gasteiger partial charge in [-0.2, -0.15) is 0 Å². The van der Waals surface area contributed by atoms with Crippen LogP contribution in [0.25, 0.3) is 0 Å². The predicted molar refractivity (Wildman–Crippen MR) is 80.7 cm³/mol. The Morgan fingerprint density at radius 3 is 2.25 bits per heavy atom. The van der Waals surface area contributed by atoms with E-state index >= 15 is 0 Å². The van der Waals surface area contributed by atoms with Crippen LogP contribution in [0.4, 0.5) is 5.69 Å². The molecule has 6 heteroatoms. The number of hydrogen-bond acceptors (Lipinski definition) is 3. The van der Waals surface area contributed by atoms with Crippen LogP contribution in [0.1, 0.15) is 5.56 Å². The zero-order chi connectivity index (χ0) is 14.6. The van der Waals surface area contributed by atoms with E-state index in [1.807, 2.05) is 0 Å². The van der Waals surface area contributed by atoms with Crippen LogP contribution in [-0.2, 0) is 16.4 Å². The number of benzene rings is 1. The molecule has 4 nitrogen and oxygen atoms in total. The molecule has 2 aromatic rings. The number of aromatic nitrogens is 1. The van der Waals surface area contributed by atoms with E-state index in [1.54, 1.807) is 48.8 Å². The summed E-state index contributed by atoms with van der Waals surface area (Å²) < 4.78 is 26.2. The largest absolute Gasteiger partial charge is 0.269 e. The van der Waals surface area contributed by atoms with Gasteiger partial charge in [0.1, 0.15) is 0 Å². The van der Waals surface area contributed by atoms with E-state index in [1.165, 1.54) is 11.4 Å². The predicted octanol–water partition coefficient (Wildman–Crippen LogP) is 2.69. The molecule has 0 unspecified atom stereocenters. The quantitative estimate of drug-likeness (QED) is 0.798. The smallest absolute Gasteiger partial charge is 0.264 e. The van der Waals surface area contributed by atoms with Crippen molar-refractivity contribution in [3.8, 4) is 0 Å². The highest BCUT2D eigenvalue weighted by Gasteiger charge is 2.20. The van der Waals surface area contributed by atoms with Gasteiger partial charge in [-0.1, -0.05) is 12.1 Å². The Balaban J connectivity index is 2.30. The summed E-state index contributed by atoms with van der Waals surface area (Å²) >= 11 is 5.66. The van der Waals surface area contributed by atoms with Crippen molar-refractivity contribution in [2.45, 2.75) is 11.3 Å². The van der Waals surface area contributed by atoms with Gasteiger partial charge in [-0.25, -0.2) is 8.42 Å². The Kier molecular flexibility index (Phi) is 4.62. The summed E-state index contributed by atoms with van der Waals surface area (Å²) in [7, 11) is -2.03. The molecule has 0 aliphatic carbocycles. The Morgan fingerprint density at radius 2 is 1.70 bits per heavy atom. The van der Waals surface area contributed by atoms with Gasteiger partial charge in [-0.3, -0.25) is 9.29 Å². The molecule has 0 aliphatic rings. The molecule has 0 saturated heterocycles. The number of aryl methyl sites for hydroxylation is 1.